The third-order valence-electron chi connectivity index (χ3n) is 2.17. The van der Waals surface area contributed by atoms with Crippen molar-refractivity contribution in [1.82, 2.24) is 5.32 Å². The Morgan fingerprint density at radius 1 is 1.35 bits per heavy atom. The van der Waals surface area contributed by atoms with Crippen LogP contribution in [0.3, 0.4) is 0 Å². The van der Waals surface area contributed by atoms with Crippen molar-refractivity contribution in [1.29, 1.82) is 0 Å². The summed E-state index contributed by atoms with van der Waals surface area (Å²) in [6, 6.07) is 6.80. The molecule has 0 saturated heterocycles. The van der Waals surface area contributed by atoms with Gasteiger partial charge >= 0.3 is 5.97 Å². The van der Waals surface area contributed by atoms with Crippen LogP contribution in [-0.2, 0) is 4.79 Å². The van der Waals surface area contributed by atoms with E-state index in [0.29, 0.717) is 18.5 Å². The second-order valence-electron chi connectivity index (χ2n) is 3.57. The second-order valence-corrected chi connectivity index (χ2v) is 3.57. The molecule has 0 fully saturated rings. The monoisotopic (exact) mass is 233 g/mol. The van der Waals surface area contributed by atoms with E-state index in [9.17, 15) is 9.59 Å². The highest BCUT2D eigenvalue weighted by Crippen LogP contribution is 2.10. The lowest BCUT2D eigenvalue weighted by molar-refractivity contribution is -0.118. The highest BCUT2D eigenvalue weighted by molar-refractivity contribution is 5.92. The van der Waals surface area contributed by atoms with E-state index in [-0.39, 0.29) is 11.5 Å². The lowest BCUT2D eigenvalue weighted by Crippen LogP contribution is -2.20. The minimum absolute atomic E-state index is 0.0654. The average molecular weight is 233 g/mol. The normalized spacial score (nSPS) is 10.4. The van der Waals surface area contributed by atoms with Gasteiger partial charge in [-0.15, -0.1) is 0 Å². The number of carbonyl (C=O) groups is 2. The van der Waals surface area contributed by atoms with Crippen LogP contribution in [0.1, 0.15) is 29.3 Å². The second kappa shape index (κ2) is 6.48. The van der Waals surface area contributed by atoms with Gasteiger partial charge in [0.1, 0.15) is 0 Å². The molecule has 0 aliphatic rings. The van der Waals surface area contributed by atoms with Crippen molar-refractivity contribution in [3.8, 4) is 0 Å². The Balaban J connectivity index is 2.59. The first-order valence-corrected chi connectivity index (χ1v) is 5.34. The van der Waals surface area contributed by atoms with Gasteiger partial charge in [-0.3, -0.25) is 4.79 Å². The minimum Gasteiger partial charge on any atom is -0.478 e. The Kier molecular flexibility index (Phi) is 4.94. The summed E-state index contributed by atoms with van der Waals surface area (Å²) in [4.78, 5) is 21.5. The van der Waals surface area contributed by atoms with Crippen LogP contribution in [0.25, 0.3) is 6.08 Å². The smallest absolute Gasteiger partial charge is 0.336 e. The molecule has 0 saturated carbocycles. The molecule has 4 heteroatoms. The molecule has 1 amide bonds. The molecule has 1 rings (SSSR count). The summed E-state index contributed by atoms with van der Waals surface area (Å²) in [6.45, 7) is 2.02. The third-order valence-corrected chi connectivity index (χ3v) is 2.17. The molecule has 2 N–H and O–H groups in total. The molecule has 0 aromatic heterocycles. The van der Waals surface area contributed by atoms with Crippen LogP contribution in [0.15, 0.2) is 30.3 Å². The van der Waals surface area contributed by atoms with Crippen LogP contribution >= 0.6 is 0 Å². The van der Waals surface area contributed by atoms with E-state index in [2.05, 4.69) is 5.32 Å². The summed E-state index contributed by atoms with van der Waals surface area (Å²) in [5.74, 6) is -1.00. The Morgan fingerprint density at radius 2 is 2.06 bits per heavy atom. The van der Waals surface area contributed by atoms with Crippen molar-refractivity contribution in [2.45, 2.75) is 13.3 Å². The quantitative estimate of drug-likeness (QED) is 0.763. The van der Waals surface area contributed by atoms with Crippen molar-refractivity contribution >= 4 is 18.0 Å². The Hall–Kier alpha value is -2.10. The number of aromatic carboxylic acids is 1. The maximum Gasteiger partial charge on any atom is 0.336 e. The van der Waals surface area contributed by atoms with E-state index in [1.54, 1.807) is 30.3 Å². The van der Waals surface area contributed by atoms with E-state index in [0.717, 1.165) is 0 Å². The van der Waals surface area contributed by atoms with E-state index in [1.807, 2.05) is 6.08 Å². The Morgan fingerprint density at radius 3 is 2.71 bits per heavy atom. The molecule has 0 bridgehead atoms. The highest BCUT2D eigenvalue weighted by Gasteiger charge is 2.05. The van der Waals surface area contributed by atoms with Gasteiger partial charge in [0, 0.05) is 13.5 Å². The van der Waals surface area contributed by atoms with Gasteiger partial charge in [0.2, 0.25) is 5.91 Å². The molecular formula is C13H15NO3. The van der Waals surface area contributed by atoms with Crippen LogP contribution < -0.4 is 5.32 Å². The lowest BCUT2D eigenvalue weighted by atomic mass is 10.1. The largest absolute Gasteiger partial charge is 0.478 e. The van der Waals surface area contributed by atoms with Gasteiger partial charge in [0.05, 0.1) is 5.56 Å². The summed E-state index contributed by atoms with van der Waals surface area (Å²) in [6.07, 6.45) is 4.27. The van der Waals surface area contributed by atoms with E-state index in [1.165, 1.54) is 6.92 Å². The molecule has 0 aliphatic carbocycles. The maximum atomic E-state index is 10.9. The zero-order chi connectivity index (χ0) is 12.7. The Labute approximate surface area is 100.0 Å². The van der Waals surface area contributed by atoms with Crippen molar-refractivity contribution in [3.05, 3.63) is 41.5 Å². The first kappa shape index (κ1) is 13.0. The van der Waals surface area contributed by atoms with Gasteiger partial charge in [-0.25, -0.2) is 4.79 Å². The standard InChI is InChI=1S/C13H15NO3/c1-10(15)14-9-5-4-7-11-6-2-3-8-12(11)13(16)17/h2-4,6-8H,5,9H2,1H3,(H,14,15)(H,16,17). The van der Waals surface area contributed by atoms with Crippen LogP contribution in [0.4, 0.5) is 0 Å². The van der Waals surface area contributed by atoms with Crippen molar-refractivity contribution in [3.63, 3.8) is 0 Å². The van der Waals surface area contributed by atoms with Crippen LogP contribution in [-0.4, -0.2) is 23.5 Å². The predicted molar refractivity (Wildman–Crippen MR) is 65.7 cm³/mol. The minimum atomic E-state index is -0.938. The van der Waals surface area contributed by atoms with Gasteiger partial charge in [-0.2, -0.15) is 0 Å². The lowest BCUT2D eigenvalue weighted by Gasteiger charge is -2.00. The molecule has 1 aromatic rings. The highest BCUT2D eigenvalue weighted by atomic mass is 16.4. The zero-order valence-electron chi connectivity index (χ0n) is 9.64. The van der Waals surface area contributed by atoms with Gasteiger partial charge < -0.3 is 10.4 Å². The molecule has 17 heavy (non-hydrogen) atoms. The molecule has 0 spiro atoms. The van der Waals surface area contributed by atoms with Gasteiger partial charge in [-0.05, 0) is 18.1 Å². The average Bonchev–Trinajstić information content (AvgIpc) is 2.28. The maximum absolute atomic E-state index is 10.9. The summed E-state index contributed by atoms with van der Waals surface area (Å²) < 4.78 is 0. The van der Waals surface area contributed by atoms with E-state index in [4.69, 9.17) is 5.11 Å². The molecular weight excluding hydrogens is 218 g/mol. The van der Waals surface area contributed by atoms with Crippen LogP contribution in [0, 0.1) is 0 Å². The van der Waals surface area contributed by atoms with E-state index >= 15 is 0 Å². The number of hydrogen-bond donors (Lipinski definition) is 2. The van der Waals surface area contributed by atoms with Gasteiger partial charge in [0.25, 0.3) is 0 Å². The summed E-state index contributed by atoms with van der Waals surface area (Å²) in [7, 11) is 0. The Bertz CT molecular complexity index is 438. The summed E-state index contributed by atoms with van der Waals surface area (Å²) in [5.41, 5.74) is 0.950. The molecule has 0 heterocycles. The van der Waals surface area contributed by atoms with Gasteiger partial charge in [-0.1, -0.05) is 30.4 Å². The number of benzene rings is 1. The number of amides is 1. The predicted octanol–water partition coefficient (Wildman–Crippen LogP) is 1.92. The number of hydrogen-bond acceptors (Lipinski definition) is 2. The summed E-state index contributed by atoms with van der Waals surface area (Å²) >= 11 is 0. The fourth-order valence-electron chi connectivity index (χ4n) is 1.38. The molecule has 0 unspecified atom stereocenters. The SMILES string of the molecule is CC(=O)NCCC=Cc1ccccc1C(=O)O. The van der Waals surface area contributed by atoms with Gasteiger partial charge in [0.15, 0.2) is 0 Å². The molecule has 0 atom stereocenters. The fourth-order valence-corrected chi connectivity index (χ4v) is 1.38. The molecule has 4 nitrogen and oxygen atoms in total. The molecule has 90 valence electrons. The molecule has 0 radical (unpaired) electrons. The third kappa shape index (κ3) is 4.51. The van der Waals surface area contributed by atoms with Crippen molar-refractivity contribution in [2.75, 3.05) is 6.54 Å². The zero-order valence-corrected chi connectivity index (χ0v) is 9.64. The van der Waals surface area contributed by atoms with Crippen LogP contribution in [0.5, 0.6) is 0 Å². The molecule has 1 aromatic carbocycles. The first-order chi connectivity index (χ1) is 8.11. The molecule has 0 aliphatic heterocycles. The number of carbonyl (C=O) groups excluding carboxylic acids is 1. The fraction of sp³-hybridized carbons (Fsp3) is 0.231. The number of carboxylic acid groups (broad SMARTS) is 1. The number of carboxylic acids is 1. The number of nitrogens with one attached hydrogen (secondary N) is 1. The first-order valence-electron chi connectivity index (χ1n) is 5.34. The van der Waals surface area contributed by atoms with E-state index < -0.39 is 5.97 Å². The summed E-state index contributed by atoms with van der Waals surface area (Å²) in [5, 5.41) is 11.6. The van der Waals surface area contributed by atoms with Crippen molar-refractivity contribution in [2.24, 2.45) is 0 Å². The van der Waals surface area contributed by atoms with Crippen LogP contribution in [0.2, 0.25) is 0 Å². The van der Waals surface area contributed by atoms with Crippen molar-refractivity contribution < 1.29 is 14.7 Å². The topological polar surface area (TPSA) is 66.4 Å². The number of rotatable bonds is 5.